The smallest absolute Gasteiger partial charge is 0.238 e. The molecule has 0 radical (unpaired) electrons. The van der Waals surface area contributed by atoms with Crippen molar-refractivity contribution in [3.63, 3.8) is 0 Å². The average molecular weight is 321 g/mol. The van der Waals surface area contributed by atoms with Crippen molar-refractivity contribution >= 4 is 38.5 Å². The number of hydrogen-bond donors (Lipinski definition) is 1. The van der Waals surface area contributed by atoms with E-state index in [-0.39, 0.29) is 5.91 Å². The van der Waals surface area contributed by atoms with Crippen molar-refractivity contribution < 1.29 is 4.79 Å². The first kappa shape index (κ1) is 14.8. The van der Waals surface area contributed by atoms with Crippen molar-refractivity contribution in [2.45, 2.75) is 37.4 Å². The van der Waals surface area contributed by atoms with Crippen LogP contribution in [-0.4, -0.2) is 26.6 Å². The molecule has 0 spiro atoms. The van der Waals surface area contributed by atoms with E-state index in [0.29, 0.717) is 6.42 Å². The van der Waals surface area contributed by atoms with Crippen LogP contribution in [0.4, 0.5) is 0 Å². The minimum atomic E-state index is 0.0617. The van der Waals surface area contributed by atoms with Gasteiger partial charge in [-0.3, -0.25) is 10.2 Å². The SMILES string of the molecule is O=C(CCCCC1CCSS1)Nn1cnc2ccccc21. The Balaban J connectivity index is 1.43. The minimum Gasteiger partial charge on any atom is -0.273 e. The number of para-hydroxylation sites is 2. The Morgan fingerprint density at radius 2 is 2.29 bits per heavy atom. The number of rotatable bonds is 6. The number of carbonyl (C=O) groups is 1. The van der Waals surface area contributed by atoms with E-state index in [2.05, 4.69) is 10.4 Å². The lowest BCUT2D eigenvalue weighted by Gasteiger charge is -2.08. The summed E-state index contributed by atoms with van der Waals surface area (Å²) in [6.45, 7) is 0. The van der Waals surface area contributed by atoms with Crippen LogP contribution in [0.5, 0.6) is 0 Å². The summed E-state index contributed by atoms with van der Waals surface area (Å²) in [6.07, 6.45) is 6.89. The van der Waals surface area contributed by atoms with Crippen LogP contribution in [0.3, 0.4) is 0 Å². The summed E-state index contributed by atoms with van der Waals surface area (Å²) in [4.78, 5) is 16.2. The van der Waals surface area contributed by atoms with E-state index in [1.54, 1.807) is 11.0 Å². The molecule has 1 aromatic carbocycles. The van der Waals surface area contributed by atoms with Crippen LogP contribution in [0.2, 0.25) is 0 Å². The predicted octanol–water partition coefficient (Wildman–Crippen LogP) is 3.82. The molecule has 1 N–H and O–H groups in total. The van der Waals surface area contributed by atoms with Gasteiger partial charge in [-0.2, -0.15) is 0 Å². The fourth-order valence-corrected chi connectivity index (χ4v) is 5.49. The Kier molecular flexibility index (Phi) is 5.08. The molecule has 2 heterocycles. The van der Waals surface area contributed by atoms with Gasteiger partial charge < -0.3 is 0 Å². The number of hydrogen-bond acceptors (Lipinski definition) is 4. The quantitative estimate of drug-likeness (QED) is 0.649. The Morgan fingerprint density at radius 3 is 3.14 bits per heavy atom. The third-order valence-corrected chi connectivity index (χ3v) is 6.61. The topological polar surface area (TPSA) is 46.9 Å². The Morgan fingerprint density at radius 1 is 1.38 bits per heavy atom. The number of benzene rings is 1. The van der Waals surface area contributed by atoms with E-state index in [0.717, 1.165) is 29.1 Å². The third-order valence-electron chi connectivity index (χ3n) is 3.61. The van der Waals surface area contributed by atoms with Gasteiger partial charge in [0.2, 0.25) is 5.91 Å². The molecule has 4 nitrogen and oxygen atoms in total. The highest BCUT2D eigenvalue weighted by Gasteiger charge is 2.15. The number of imidazole rings is 1. The molecular weight excluding hydrogens is 302 g/mol. The van der Waals surface area contributed by atoms with Crippen molar-refractivity contribution in [2.24, 2.45) is 0 Å². The number of nitrogens with zero attached hydrogens (tertiary/aromatic N) is 2. The normalized spacial score (nSPS) is 18.2. The highest BCUT2D eigenvalue weighted by Crippen LogP contribution is 2.39. The van der Waals surface area contributed by atoms with Crippen LogP contribution < -0.4 is 5.43 Å². The summed E-state index contributed by atoms with van der Waals surface area (Å²) in [7, 11) is 3.99. The first-order valence-corrected chi connectivity index (χ1v) is 9.71. The second-order valence-electron chi connectivity index (χ2n) is 5.21. The number of fused-ring (bicyclic) bond motifs is 1. The molecule has 1 atom stereocenters. The largest absolute Gasteiger partial charge is 0.273 e. The van der Waals surface area contributed by atoms with Gasteiger partial charge in [-0.25, -0.2) is 9.66 Å². The standard InChI is InChI=1S/C15H19N3OS2/c19-15(8-4-1-5-12-9-10-20-21-12)17-18-11-16-13-6-2-3-7-14(13)18/h2-3,6-7,11-12H,1,4-5,8-10H2,(H,17,19). The molecule has 1 aliphatic rings. The van der Waals surface area contributed by atoms with E-state index >= 15 is 0 Å². The molecule has 112 valence electrons. The highest BCUT2D eigenvalue weighted by atomic mass is 33.1. The third kappa shape index (κ3) is 3.95. The molecule has 1 aliphatic heterocycles. The van der Waals surface area contributed by atoms with Gasteiger partial charge in [-0.05, 0) is 31.4 Å². The molecule has 0 bridgehead atoms. The lowest BCUT2D eigenvalue weighted by atomic mass is 10.1. The second-order valence-corrected chi connectivity index (χ2v) is 8.00. The molecule has 21 heavy (non-hydrogen) atoms. The fraction of sp³-hybridized carbons (Fsp3) is 0.467. The van der Waals surface area contributed by atoms with Crippen LogP contribution in [0.1, 0.15) is 32.1 Å². The van der Waals surface area contributed by atoms with Crippen molar-refractivity contribution in [1.82, 2.24) is 9.66 Å². The van der Waals surface area contributed by atoms with Gasteiger partial charge in [0.25, 0.3) is 0 Å². The van der Waals surface area contributed by atoms with Crippen LogP contribution in [0, 0.1) is 0 Å². The van der Waals surface area contributed by atoms with E-state index < -0.39 is 0 Å². The van der Waals surface area contributed by atoms with Crippen molar-refractivity contribution in [2.75, 3.05) is 11.2 Å². The second kappa shape index (κ2) is 7.22. The van der Waals surface area contributed by atoms with Gasteiger partial charge in [-0.15, -0.1) is 0 Å². The van der Waals surface area contributed by atoms with Gasteiger partial charge in [0.15, 0.2) is 0 Å². The maximum Gasteiger partial charge on any atom is 0.238 e. The molecule has 1 unspecified atom stereocenters. The van der Waals surface area contributed by atoms with E-state index in [9.17, 15) is 4.79 Å². The van der Waals surface area contributed by atoms with E-state index in [4.69, 9.17) is 0 Å². The maximum absolute atomic E-state index is 12.0. The molecule has 6 heteroatoms. The monoisotopic (exact) mass is 321 g/mol. The average Bonchev–Trinajstić information content (AvgIpc) is 3.14. The maximum atomic E-state index is 12.0. The highest BCUT2D eigenvalue weighted by molar-refractivity contribution is 8.77. The summed E-state index contributed by atoms with van der Waals surface area (Å²) in [5.74, 6) is 1.34. The molecule has 3 rings (SSSR count). The van der Waals surface area contributed by atoms with Crippen LogP contribution in [0.15, 0.2) is 30.6 Å². The Labute approximate surface area is 132 Å². The molecule has 0 aliphatic carbocycles. The fourth-order valence-electron chi connectivity index (χ4n) is 2.46. The minimum absolute atomic E-state index is 0.0617. The molecule has 1 fully saturated rings. The van der Waals surface area contributed by atoms with E-state index in [1.807, 2.05) is 45.9 Å². The molecule has 2 aromatic rings. The zero-order valence-corrected chi connectivity index (χ0v) is 13.5. The molecule has 1 saturated heterocycles. The summed E-state index contributed by atoms with van der Waals surface area (Å²) in [5, 5.41) is 0.802. The summed E-state index contributed by atoms with van der Waals surface area (Å²) in [6, 6.07) is 7.79. The van der Waals surface area contributed by atoms with Crippen LogP contribution in [-0.2, 0) is 4.79 Å². The number of nitrogens with one attached hydrogen (secondary N) is 1. The molecule has 1 amide bonds. The first-order chi connectivity index (χ1) is 10.3. The van der Waals surface area contributed by atoms with Gasteiger partial charge in [0.05, 0.1) is 11.0 Å². The van der Waals surface area contributed by atoms with Gasteiger partial charge in [0, 0.05) is 17.4 Å². The van der Waals surface area contributed by atoms with Crippen molar-refractivity contribution in [3.05, 3.63) is 30.6 Å². The first-order valence-electron chi connectivity index (χ1n) is 7.33. The van der Waals surface area contributed by atoms with Crippen molar-refractivity contribution in [3.8, 4) is 0 Å². The van der Waals surface area contributed by atoms with Crippen molar-refractivity contribution in [1.29, 1.82) is 0 Å². The number of unbranched alkanes of at least 4 members (excludes halogenated alkanes) is 1. The molecule has 0 saturated carbocycles. The summed E-state index contributed by atoms with van der Waals surface area (Å²) in [5.41, 5.74) is 4.73. The zero-order valence-electron chi connectivity index (χ0n) is 11.8. The van der Waals surface area contributed by atoms with Crippen LogP contribution in [0.25, 0.3) is 11.0 Å². The predicted molar refractivity (Wildman–Crippen MR) is 91.0 cm³/mol. The van der Waals surface area contributed by atoms with Crippen LogP contribution >= 0.6 is 21.6 Å². The number of aromatic nitrogens is 2. The lowest BCUT2D eigenvalue weighted by Crippen LogP contribution is -2.21. The van der Waals surface area contributed by atoms with Gasteiger partial charge in [-0.1, -0.05) is 40.1 Å². The Hall–Kier alpha value is -1.14. The number of amides is 1. The molecular formula is C15H19N3OS2. The number of carbonyl (C=O) groups excluding carboxylic acids is 1. The summed E-state index contributed by atoms with van der Waals surface area (Å²) < 4.78 is 1.71. The Bertz CT molecular complexity index is 608. The lowest BCUT2D eigenvalue weighted by molar-refractivity contribution is -0.117. The summed E-state index contributed by atoms with van der Waals surface area (Å²) >= 11 is 0. The van der Waals surface area contributed by atoms with E-state index in [1.165, 1.54) is 18.6 Å². The van der Waals surface area contributed by atoms with Gasteiger partial charge in [0.1, 0.15) is 6.33 Å². The van der Waals surface area contributed by atoms with Gasteiger partial charge >= 0.3 is 0 Å². The zero-order chi connectivity index (χ0) is 14.5. The molecule has 1 aromatic heterocycles.